The van der Waals surface area contributed by atoms with E-state index in [0.717, 1.165) is 0 Å². The Hall–Kier alpha value is -6.10. The van der Waals surface area contributed by atoms with Crippen molar-refractivity contribution in [2.24, 2.45) is 0 Å². The molecule has 3 heteroatoms. The first-order valence-corrected chi connectivity index (χ1v) is 10.9. The first-order valence-electron chi connectivity index (χ1n) is 8.62. The fourth-order valence-electron chi connectivity index (χ4n) is 0.947. The molecular weight excluding hydrogens is 526 g/mol. The van der Waals surface area contributed by atoms with Crippen molar-refractivity contribution in [1.82, 2.24) is 0 Å². The molecule has 0 aliphatic heterocycles. The summed E-state index contributed by atoms with van der Waals surface area (Å²) in [5.74, 6) is 78.2. The van der Waals surface area contributed by atoms with Gasteiger partial charge in [-0.15, -0.1) is 12.8 Å². The molecule has 37 heavy (non-hydrogen) atoms. The van der Waals surface area contributed by atoms with Gasteiger partial charge in [-0.1, -0.05) is 0 Å². The van der Waals surface area contributed by atoms with E-state index in [1.54, 1.807) is 0 Å². The maximum Gasteiger partial charge on any atom is 0 e. The number of hydrogen-bond acceptors (Lipinski definition) is 0. The van der Waals surface area contributed by atoms with E-state index in [1.807, 2.05) is 0 Å². The van der Waals surface area contributed by atoms with Gasteiger partial charge in [0.25, 0.3) is 0 Å². The minimum atomic E-state index is 0. The van der Waals surface area contributed by atoms with Crippen molar-refractivity contribution < 1.29 is 35.6 Å². The van der Waals surface area contributed by atoms with Crippen LogP contribution in [0.1, 0.15) is 18.5 Å². The van der Waals surface area contributed by atoms with Gasteiger partial charge >= 0.3 is 0 Å². The first kappa shape index (κ1) is 35.5. The van der Waals surface area contributed by atoms with Gasteiger partial charge in [0.05, 0.1) is 0 Å². The Balaban J connectivity index is -0.0000000506. The summed E-state index contributed by atoms with van der Waals surface area (Å²) in [5, 5.41) is 0. The Morgan fingerprint density at radius 3 is 0.432 bits per heavy atom. The Morgan fingerprint density at radius 1 is 0.270 bits per heavy atom. The van der Waals surface area contributed by atoms with Crippen molar-refractivity contribution in [1.29, 1.82) is 0 Å². The zero-order valence-electron chi connectivity index (χ0n) is 18.6. The van der Waals surface area contributed by atoms with E-state index in [0.29, 0.717) is 0 Å². The molecule has 0 fully saturated rings. The van der Waals surface area contributed by atoms with Crippen molar-refractivity contribution in [2.45, 2.75) is 0 Å². The van der Waals surface area contributed by atoms with Gasteiger partial charge in [-0.05, 0) is 94.7 Å². The Bertz CT molecular complexity index is 1800. The smallest absolute Gasteiger partial charge is 0 e. The molecule has 0 saturated carbocycles. The normalized spacial score (nSPS) is 3.68. The van der Waals surface area contributed by atoms with Crippen LogP contribution in [0.15, 0.2) is 0 Å². The predicted octanol–water partition coefficient (Wildman–Crippen LogP) is 4.42. The van der Waals surface area contributed by atoms with E-state index < -0.39 is 0 Å². The molecule has 0 aromatic rings. The zero-order chi connectivity index (χ0) is 26.6. The molecule has 0 rings (SSSR count). The number of hydrogen-bond donors (Lipinski definition) is 0. The minimum absolute atomic E-state index is 0. The van der Waals surface area contributed by atoms with Crippen LogP contribution in [0, 0.1) is 202 Å². The van der Waals surface area contributed by atoms with E-state index in [9.17, 15) is 0 Å². The van der Waals surface area contributed by atoms with E-state index in [4.69, 9.17) is 12.8 Å². The summed E-state index contributed by atoms with van der Waals surface area (Å²) in [5.41, 5.74) is 0. The van der Waals surface area contributed by atoms with Crippen LogP contribution < -0.4 is 0 Å². The maximum absolute atomic E-state index is 4.92. The van der Waals surface area contributed by atoms with Crippen molar-refractivity contribution in [3.63, 3.8) is 0 Å². The molecule has 0 aliphatic carbocycles. The van der Waals surface area contributed by atoms with Gasteiger partial charge in [0, 0.05) is 130 Å². The minimum Gasteiger partial charge on any atom is -0.533 e. The third-order valence-electron chi connectivity index (χ3n) is 1.96. The summed E-state index contributed by atoms with van der Waals surface area (Å²) in [7, 11) is 5.11. The van der Waals surface area contributed by atoms with Gasteiger partial charge in [-0.2, -0.15) is 0 Å². The second kappa shape index (κ2) is 37.2. The predicted molar refractivity (Wildman–Crippen MR) is 180 cm³/mol. The summed E-state index contributed by atoms with van der Waals surface area (Å²) in [4.78, 5) is 0. The summed E-state index contributed by atoms with van der Waals surface area (Å²) in [6.07, 6.45) is 9.85. The largest absolute Gasteiger partial charge is 0.533 e. The Kier molecular flexibility index (Phi) is 35.7. The van der Waals surface area contributed by atoms with Crippen molar-refractivity contribution >= 4 is 17.9 Å². The molecule has 186 valence electrons. The second-order valence-corrected chi connectivity index (χ2v) is 4.04. The standard InChI is InChI=1S/C34H2.Fe.H3P2.13H2/c1-3-5-7-9-11-13-15-17-19-21-23-25-27-29-31-33-34-32-30-28-26-24-22-20-18-16-14-12-10-8-6-4-2;;1-2;;;;;;;;;;;;;/h1-2H;;1H,2H2;13*1H/q;;-1;;;;;;;;;;;;;. The van der Waals surface area contributed by atoms with Crippen LogP contribution in [0.2, 0.25) is 0 Å². The van der Waals surface area contributed by atoms with Crippen molar-refractivity contribution in [2.75, 3.05) is 0 Å². The fourth-order valence-corrected chi connectivity index (χ4v) is 0.947. The molecule has 0 spiro atoms. The second-order valence-electron chi connectivity index (χ2n) is 4.04. The van der Waals surface area contributed by atoms with E-state index in [2.05, 4.69) is 207 Å². The van der Waals surface area contributed by atoms with Crippen LogP contribution in [0.25, 0.3) is 0 Å². The van der Waals surface area contributed by atoms with Crippen LogP contribution >= 0.6 is 17.9 Å². The molecule has 0 nitrogen and oxygen atoms in total. The molecule has 0 N–H and O–H groups in total. The third-order valence-corrected chi connectivity index (χ3v) is 1.96. The molecule has 0 saturated heterocycles. The Labute approximate surface area is 255 Å². The molecule has 0 aromatic carbocycles. The van der Waals surface area contributed by atoms with Crippen molar-refractivity contribution in [3.8, 4) is 202 Å². The molecular formula is C34H31FeP2-. The van der Waals surface area contributed by atoms with Crippen LogP contribution in [-0.2, 0) is 17.1 Å². The summed E-state index contributed by atoms with van der Waals surface area (Å²) >= 11 is 0. The van der Waals surface area contributed by atoms with E-state index >= 15 is 0 Å². The fraction of sp³-hybridized carbons (Fsp3) is 0. The van der Waals surface area contributed by atoms with Gasteiger partial charge < -0.3 is 17.9 Å². The Morgan fingerprint density at radius 2 is 0.351 bits per heavy atom. The molecule has 0 bridgehead atoms. The summed E-state index contributed by atoms with van der Waals surface area (Å²) in [6.45, 7) is 0. The van der Waals surface area contributed by atoms with Crippen LogP contribution in [-0.4, -0.2) is 0 Å². The summed E-state index contributed by atoms with van der Waals surface area (Å²) < 4.78 is 0. The number of terminal acetylenes is 2. The third kappa shape index (κ3) is 37.5. The summed E-state index contributed by atoms with van der Waals surface area (Å²) in [6, 6.07) is 0. The van der Waals surface area contributed by atoms with Gasteiger partial charge in [0.1, 0.15) is 0 Å². The average Bonchev–Trinajstić information content (AvgIpc) is 2.91. The van der Waals surface area contributed by atoms with Crippen LogP contribution in [0.5, 0.6) is 0 Å². The van der Waals surface area contributed by atoms with Gasteiger partial charge in [-0.25, -0.2) is 0 Å². The van der Waals surface area contributed by atoms with Crippen molar-refractivity contribution in [3.05, 3.63) is 0 Å². The van der Waals surface area contributed by atoms with Crippen LogP contribution in [0.3, 0.4) is 0 Å². The van der Waals surface area contributed by atoms with Crippen LogP contribution in [0.4, 0.5) is 0 Å². The molecule has 0 radical (unpaired) electrons. The molecule has 0 amide bonds. The molecule has 1 unspecified atom stereocenters. The molecule has 0 aromatic heterocycles. The monoisotopic (exact) mass is 557 g/mol. The SMILES string of the molecule is C#CC#CC#CC#CC#CC#CC#CC#CC#CC#CC#CC#CC#CC#CC#CC#CC#C.[Fe].[HH].[HH].[HH].[HH].[HH].[HH].[HH].[HH].[HH].[HH].[HH].[HH].[HH].[PH-]P. The van der Waals surface area contributed by atoms with Gasteiger partial charge in [-0.3, -0.25) is 0 Å². The maximum atomic E-state index is 4.92. The molecule has 0 aliphatic rings. The quantitative estimate of drug-likeness (QED) is 0.235. The molecule has 1 atom stereocenters. The van der Waals surface area contributed by atoms with E-state index in [-0.39, 0.29) is 35.6 Å². The topological polar surface area (TPSA) is 0 Å². The van der Waals surface area contributed by atoms with Gasteiger partial charge in [0.2, 0.25) is 0 Å². The van der Waals surface area contributed by atoms with E-state index in [1.165, 1.54) is 0 Å². The zero-order valence-corrected chi connectivity index (χ0v) is 21.8. The first-order chi connectivity index (χ1) is 17.9. The molecule has 0 heterocycles. The average molecular weight is 557 g/mol. The van der Waals surface area contributed by atoms with Gasteiger partial charge in [0.15, 0.2) is 0 Å². The number of rotatable bonds is 0.